The summed E-state index contributed by atoms with van der Waals surface area (Å²) >= 11 is 1.55. The van der Waals surface area contributed by atoms with E-state index in [4.69, 9.17) is 0 Å². The van der Waals surface area contributed by atoms with Crippen LogP contribution in [-0.2, 0) is 0 Å². The first-order chi connectivity index (χ1) is 9.20. The molecule has 1 saturated carbocycles. The minimum atomic E-state index is -0.189. The molecule has 2 aromatic rings. The summed E-state index contributed by atoms with van der Waals surface area (Å²) in [7, 11) is 0. The Morgan fingerprint density at radius 3 is 3.05 bits per heavy atom. The minimum Gasteiger partial charge on any atom is -0.359 e. The summed E-state index contributed by atoms with van der Waals surface area (Å²) in [6, 6.07) is 5.31. The Morgan fingerprint density at radius 2 is 2.16 bits per heavy atom. The summed E-state index contributed by atoms with van der Waals surface area (Å²) in [5.74, 6) is 0.655. The number of rotatable bonds is 2. The molecule has 19 heavy (non-hydrogen) atoms. The summed E-state index contributed by atoms with van der Waals surface area (Å²) in [5, 5.41) is 4.47. The van der Waals surface area contributed by atoms with E-state index >= 15 is 0 Å². The maximum absolute atomic E-state index is 13.2. The summed E-state index contributed by atoms with van der Waals surface area (Å²) in [6.07, 6.45) is 6.35. The highest BCUT2D eigenvalue weighted by molar-refractivity contribution is 7.22. The van der Waals surface area contributed by atoms with Crippen LogP contribution in [0.3, 0.4) is 0 Å². The van der Waals surface area contributed by atoms with Crippen LogP contribution >= 0.6 is 11.3 Å². The fourth-order valence-corrected chi connectivity index (χ4v) is 3.73. The topological polar surface area (TPSA) is 24.9 Å². The fourth-order valence-electron chi connectivity index (χ4n) is 2.77. The Hall–Kier alpha value is -1.16. The first-order valence-electron chi connectivity index (χ1n) is 7.03. The molecule has 1 aromatic heterocycles. The predicted octanol–water partition coefficient (Wildman–Crippen LogP) is 4.82. The Morgan fingerprint density at radius 1 is 1.26 bits per heavy atom. The molecule has 0 saturated heterocycles. The lowest BCUT2D eigenvalue weighted by molar-refractivity contribution is 0.502. The monoisotopic (exact) mass is 278 g/mol. The molecule has 0 bridgehead atoms. The first kappa shape index (κ1) is 12.9. The zero-order chi connectivity index (χ0) is 13.2. The third-order valence-corrected chi connectivity index (χ3v) is 4.88. The molecule has 1 heterocycles. The van der Waals surface area contributed by atoms with Crippen LogP contribution in [0.4, 0.5) is 9.52 Å². The zero-order valence-electron chi connectivity index (χ0n) is 11.2. The average molecular weight is 278 g/mol. The van der Waals surface area contributed by atoms with Gasteiger partial charge in [0.2, 0.25) is 0 Å². The Balaban J connectivity index is 1.73. The summed E-state index contributed by atoms with van der Waals surface area (Å²) in [5.41, 5.74) is 0.885. The van der Waals surface area contributed by atoms with Gasteiger partial charge in [0.1, 0.15) is 5.82 Å². The molecule has 0 amide bonds. The average Bonchev–Trinajstić information content (AvgIpc) is 2.65. The van der Waals surface area contributed by atoms with Crippen molar-refractivity contribution in [2.75, 3.05) is 5.32 Å². The van der Waals surface area contributed by atoms with Crippen LogP contribution in [0.1, 0.15) is 39.0 Å². The number of halogens is 1. The number of benzene rings is 1. The van der Waals surface area contributed by atoms with Crippen molar-refractivity contribution >= 4 is 26.7 Å². The van der Waals surface area contributed by atoms with E-state index in [2.05, 4.69) is 17.2 Å². The van der Waals surface area contributed by atoms with Crippen molar-refractivity contribution in [2.45, 2.75) is 45.1 Å². The molecule has 4 heteroatoms. The van der Waals surface area contributed by atoms with Crippen molar-refractivity contribution in [3.05, 3.63) is 24.0 Å². The standard InChI is InChI=1S/C15H19FN2S/c1-10-3-2-4-12(7-5-10)17-15-18-13-8-6-11(16)9-14(13)19-15/h6,8-10,12H,2-5,7H2,1H3,(H,17,18). The van der Waals surface area contributed by atoms with Crippen molar-refractivity contribution < 1.29 is 4.39 Å². The largest absolute Gasteiger partial charge is 0.359 e. The second-order valence-electron chi connectivity index (χ2n) is 5.59. The second-order valence-corrected chi connectivity index (χ2v) is 6.62. The number of fused-ring (bicyclic) bond motifs is 1. The van der Waals surface area contributed by atoms with Gasteiger partial charge in [-0.2, -0.15) is 0 Å². The van der Waals surface area contributed by atoms with Crippen LogP contribution in [-0.4, -0.2) is 11.0 Å². The Labute approximate surface area is 117 Å². The van der Waals surface area contributed by atoms with Gasteiger partial charge >= 0.3 is 0 Å². The molecule has 1 N–H and O–H groups in total. The lowest BCUT2D eigenvalue weighted by Gasteiger charge is -2.15. The van der Waals surface area contributed by atoms with Gasteiger partial charge < -0.3 is 5.32 Å². The van der Waals surface area contributed by atoms with Gasteiger partial charge in [0, 0.05) is 6.04 Å². The first-order valence-corrected chi connectivity index (χ1v) is 7.85. The van der Waals surface area contributed by atoms with Crippen LogP contribution in [0.15, 0.2) is 18.2 Å². The third kappa shape index (κ3) is 3.06. The van der Waals surface area contributed by atoms with Crippen molar-refractivity contribution in [1.29, 1.82) is 0 Å². The van der Waals surface area contributed by atoms with Crippen molar-refractivity contribution in [2.24, 2.45) is 5.92 Å². The zero-order valence-corrected chi connectivity index (χ0v) is 12.0. The van der Waals surface area contributed by atoms with Crippen LogP contribution in [0.2, 0.25) is 0 Å². The van der Waals surface area contributed by atoms with E-state index in [1.807, 2.05) is 0 Å². The van der Waals surface area contributed by atoms with E-state index in [1.54, 1.807) is 23.5 Å². The number of thiazole rings is 1. The van der Waals surface area contributed by atoms with Crippen molar-refractivity contribution in [3.63, 3.8) is 0 Å². The molecule has 3 rings (SSSR count). The minimum absolute atomic E-state index is 0.189. The number of nitrogens with zero attached hydrogens (tertiary/aromatic N) is 1. The normalized spacial score (nSPS) is 24.3. The Bertz CT molecular complexity index is 566. The van der Waals surface area contributed by atoms with Crippen molar-refractivity contribution in [1.82, 2.24) is 4.98 Å². The van der Waals surface area contributed by atoms with E-state index in [0.29, 0.717) is 6.04 Å². The van der Waals surface area contributed by atoms with Gasteiger partial charge in [0.05, 0.1) is 10.2 Å². The van der Waals surface area contributed by atoms with Crippen LogP contribution < -0.4 is 5.32 Å². The molecule has 1 aromatic carbocycles. The number of nitrogens with one attached hydrogen (secondary N) is 1. The molecule has 0 radical (unpaired) electrons. The quantitative estimate of drug-likeness (QED) is 0.797. The summed E-state index contributed by atoms with van der Waals surface area (Å²) in [4.78, 5) is 4.54. The van der Waals surface area contributed by atoms with Gasteiger partial charge in [-0.3, -0.25) is 0 Å². The molecule has 0 spiro atoms. The van der Waals surface area contributed by atoms with E-state index in [9.17, 15) is 4.39 Å². The molecule has 2 nitrogen and oxygen atoms in total. The molecule has 2 unspecified atom stereocenters. The van der Waals surface area contributed by atoms with Crippen LogP contribution in [0, 0.1) is 11.7 Å². The smallest absolute Gasteiger partial charge is 0.184 e. The second kappa shape index (κ2) is 5.45. The maximum atomic E-state index is 13.2. The number of anilines is 1. The van der Waals surface area contributed by atoms with Crippen LogP contribution in [0.5, 0.6) is 0 Å². The molecular formula is C15H19FN2S. The van der Waals surface area contributed by atoms with Crippen molar-refractivity contribution in [3.8, 4) is 0 Å². The predicted molar refractivity (Wildman–Crippen MR) is 79.2 cm³/mol. The summed E-state index contributed by atoms with van der Waals surface area (Å²) in [6.45, 7) is 2.34. The molecular weight excluding hydrogens is 259 g/mol. The molecule has 0 aliphatic heterocycles. The third-order valence-electron chi connectivity index (χ3n) is 3.94. The van der Waals surface area contributed by atoms with E-state index in [-0.39, 0.29) is 5.82 Å². The van der Waals surface area contributed by atoms with Gasteiger partial charge in [0.25, 0.3) is 0 Å². The van der Waals surface area contributed by atoms with Gasteiger partial charge in [-0.25, -0.2) is 9.37 Å². The maximum Gasteiger partial charge on any atom is 0.184 e. The molecule has 1 aliphatic carbocycles. The molecule has 102 valence electrons. The van der Waals surface area contributed by atoms with Gasteiger partial charge in [-0.05, 0) is 43.4 Å². The SMILES string of the molecule is CC1CCCC(Nc2nc3ccc(F)cc3s2)CC1. The molecule has 1 fully saturated rings. The fraction of sp³-hybridized carbons (Fsp3) is 0.533. The van der Waals surface area contributed by atoms with E-state index < -0.39 is 0 Å². The lowest BCUT2D eigenvalue weighted by Crippen LogP contribution is -2.18. The number of hydrogen-bond acceptors (Lipinski definition) is 3. The highest BCUT2D eigenvalue weighted by Gasteiger charge is 2.17. The van der Waals surface area contributed by atoms with E-state index in [1.165, 1.54) is 38.2 Å². The molecule has 2 atom stereocenters. The lowest BCUT2D eigenvalue weighted by atomic mass is 10.0. The highest BCUT2D eigenvalue weighted by Crippen LogP contribution is 2.30. The summed E-state index contributed by atoms with van der Waals surface area (Å²) < 4.78 is 14.1. The van der Waals surface area contributed by atoms with Crippen LogP contribution in [0.25, 0.3) is 10.2 Å². The molecule has 1 aliphatic rings. The Kier molecular flexibility index (Phi) is 3.69. The number of hydrogen-bond donors (Lipinski definition) is 1. The van der Waals surface area contributed by atoms with Gasteiger partial charge in [-0.1, -0.05) is 31.1 Å². The van der Waals surface area contributed by atoms with Gasteiger partial charge in [-0.15, -0.1) is 0 Å². The number of aromatic nitrogens is 1. The highest BCUT2D eigenvalue weighted by atomic mass is 32.1. The van der Waals surface area contributed by atoms with Gasteiger partial charge in [0.15, 0.2) is 5.13 Å². The van der Waals surface area contributed by atoms with E-state index in [0.717, 1.165) is 21.3 Å².